The highest BCUT2D eigenvalue weighted by atomic mass is 16.5. The van der Waals surface area contributed by atoms with Gasteiger partial charge in [-0.05, 0) is 56.5 Å². The van der Waals surface area contributed by atoms with E-state index in [1.165, 1.54) is 24.0 Å². The van der Waals surface area contributed by atoms with Gasteiger partial charge in [-0.15, -0.1) is 0 Å². The third kappa shape index (κ3) is 4.41. The second kappa shape index (κ2) is 7.88. The van der Waals surface area contributed by atoms with E-state index < -0.39 is 0 Å². The standard InChI is InChI=1S/C19H30N4O/c1-20-19(22-13-17(23(2)3)15-5-6-15)21-10-8-14-4-7-18-16(12-14)9-11-24-18/h4,7,12,15,17H,5-6,8-11,13H2,1-3H3,(H2,20,21,22). The number of likely N-dealkylation sites (N-methyl/N-ethyl adjacent to an activating group) is 1. The summed E-state index contributed by atoms with van der Waals surface area (Å²) in [5, 5.41) is 6.91. The summed E-state index contributed by atoms with van der Waals surface area (Å²) in [6, 6.07) is 7.13. The fourth-order valence-corrected chi connectivity index (χ4v) is 3.39. The second-order valence-electron chi connectivity index (χ2n) is 7.04. The summed E-state index contributed by atoms with van der Waals surface area (Å²) in [6.45, 7) is 2.66. The summed E-state index contributed by atoms with van der Waals surface area (Å²) in [5.74, 6) is 2.80. The van der Waals surface area contributed by atoms with Gasteiger partial charge in [0, 0.05) is 32.6 Å². The summed E-state index contributed by atoms with van der Waals surface area (Å²) in [5.41, 5.74) is 2.69. The number of aliphatic imine (C=N–C) groups is 1. The number of ether oxygens (including phenoxy) is 1. The lowest BCUT2D eigenvalue weighted by Gasteiger charge is -2.25. The van der Waals surface area contributed by atoms with Crippen molar-refractivity contribution in [2.45, 2.75) is 31.7 Å². The van der Waals surface area contributed by atoms with Gasteiger partial charge in [0.05, 0.1) is 6.61 Å². The molecular weight excluding hydrogens is 300 g/mol. The maximum atomic E-state index is 5.56. The van der Waals surface area contributed by atoms with Crippen molar-refractivity contribution < 1.29 is 4.74 Å². The molecule has 2 N–H and O–H groups in total. The van der Waals surface area contributed by atoms with E-state index in [1.54, 1.807) is 0 Å². The Hall–Kier alpha value is -1.75. The highest BCUT2D eigenvalue weighted by molar-refractivity contribution is 5.79. The van der Waals surface area contributed by atoms with Gasteiger partial charge in [-0.3, -0.25) is 4.99 Å². The molecule has 1 aliphatic heterocycles. The minimum atomic E-state index is 0.597. The van der Waals surface area contributed by atoms with Crippen molar-refractivity contribution in [1.29, 1.82) is 0 Å². The van der Waals surface area contributed by atoms with Crippen LogP contribution in [0.1, 0.15) is 24.0 Å². The van der Waals surface area contributed by atoms with Gasteiger partial charge in [-0.1, -0.05) is 12.1 Å². The lowest BCUT2D eigenvalue weighted by molar-refractivity contribution is 0.264. The fourth-order valence-electron chi connectivity index (χ4n) is 3.39. The monoisotopic (exact) mass is 330 g/mol. The molecule has 5 heteroatoms. The minimum Gasteiger partial charge on any atom is -0.493 e. The molecule has 1 heterocycles. The molecule has 1 unspecified atom stereocenters. The molecule has 0 radical (unpaired) electrons. The highest BCUT2D eigenvalue weighted by Gasteiger charge is 2.32. The Kier molecular flexibility index (Phi) is 5.61. The van der Waals surface area contributed by atoms with Crippen LogP contribution in [-0.2, 0) is 12.8 Å². The Bertz CT molecular complexity index is 579. The van der Waals surface area contributed by atoms with Crippen LogP contribution in [0.15, 0.2) is 23.2 Å². The molecule has 1 fully saturated rings. The zero-order chi connectivity index (χ0) is 16.9. The third-order valence-corrected chi connectivity index (χ3v) is 4.99. The molecule has 2 aliphatic rings. The molecule has 3 rings (SSSR count). The third-order valence-electron chi connectivity index (χ3n) is 4.99. The molecule has 0 saturated heterocycles. The van der Waals surface area contributed by atoms with Crippen molar-refractivity contribution in [2.75, 3.05) is 40.8 Å². The lowest BCUT2D eigenvalue weighted by atomic mass is 10.1. The van der Waals surface area contributed by atoms with E-state index in [1.807, 2.05) is 7.05 Å². The predicted octanol–water partition coefficient (Wildman–Crippen LogP) is 1.67. The van der Waals surface area contributed by atoms with Crippen LogP contribution in [0.5, 0.6) is 5.75 Å². The average Bonchev–Trinajstić information content (AvgIpc) is 3.29. The Morgan fingerprint density at radius 1 is 1.33 bits per heavy atom. The molecule has 1 atom stereocenters. The molecule has 1 aromatic rings. The van der Waals surface area contributed by atoms with Crippen LogP contribution in [0.2, 0.25) is 0 Å². The summed E-state index contributed by atoms with van der Waals surface area (Å²) < 4.78 is 5.56. The maximum Gasteiger partial charge on any atom is 0.191 e. The molecular formula is C19H30N4O. The topological polar surface area (TPSA) is 48.9 Å². The summed E-state index contributed by atoms with van der Waals surface area (Å²) >= 11 is 0. The molecule has 5 nitrogen and oxygen atoms in total. The zero-order valence-corrected chi connectivity index (χ0v) is 15.1. The largest absolute Gasteiger partial charge is 0.493 e. The first-order chi connectivity index (χ1) is 11.7. The minimum absolute atomic E-state index is 0.597. The quantitative estimate of drug-likeness (QED) is 0.590. The molecule has 1 aliphatic carbocycles. The van der Waals surface area contributed by atoms with Gasteiger partial charge in [0.1, 0.15) is 5.75 Å². The Morgan fingerprint density at radius 2 is 2.17 bits per heavy atom. The zero-order valence-electron chi connectivity index (χ0n) is 15.1. The number of benzene rings is 1. The molecule has 1 aromatic carbocycles. The lowest BCUT2D eigenvalue weighted by Crippen LogP contribution is -2.46. The average molecular weight is 330 g/mol. The maximum absolute atomic E-state index is 5.56. The van der Waals surface area contributed by atoms with Crippen LogP contribution >= 0.6 is 0 Å². The van der Waals surface area contributed by atoms with Crippen molar-refractivity contribution in [2.24, 2.45) is 10.9 Å². The van der Waals surface area contributed by atoms with Crippen LogP contribution in [0.4, 0.5) is 0 Å². The van der Waals surface area contributed by atoms with E-state index in [-0.39, 0.29) is 0 Å². The van der Waals surface area contributed by atoms with Crippen molar-refractivity contribution in [3.05, 3.63) is 29.3 Å². The Labute approximate surface area is 145 Å². The first-order valence-corrected chi connectivity index (χ1v) is 9.03. The van der Waals surface area contributed by atoms with E-state index in [0.717, 1.165) is 50.2 Å². The number of nitrogens with zero attached hydrogens (tertiary/aromatic N) is 2. The van der Waals surface area contributed by atoms with Crippen LogP contribution in [0.3, 0.4) is 0 Å². The van der Waals surface area contributed by atoms with E-state index in [2.05, 4.69) is 52.8 Å². The normalized spacial score (nSPS) is 18.2. The van der Waals surface area contributed by atoms with E-state index in [9.17, 15) is 0 Å². The molecule has 0 spiro atoms. The summed E-state index contributed by atoms with van der Waals surface area (Å²) in [4.78, 5) is 6.67. The molecule has 1 saturated carbocycles. The number of guanidine groups is 1. The van der Waals surface area contributed by atoms with Crippen molar-refractivity contribution in [3.8, 4) is 5.75 Å². The predicted molar refractivity (Wildman–Crippen MR) is 98.9 cm³/mol. The van der Waals surface area contributed by atoms with Crippen LogP contribution < -0.4 is 15.4 Å². The SMILES string of the molecule is CN=C(NCCc1ccc2c(c1)CCO2)NCC(C1CC1)N(C)C. The molecule has 0 bridgehead atoms. The van der Waals surface area contributed by atoms with Gasteiger partial charge in [-0.25, -0.2) is 0 Å². The molecule has 0 aromatic heterocycles. The Morgan fingerprint density at radius 3 is 2.88 bits per heavy atom. The molecule has 24 heavy (non-hydrogen) atoms. The Balaban J connectivity index is 1.42. The van der Waals surface area contributed by atoms with Crippen molar-refractivity contribution >= 4 is 5.96 Å². The van der Waals surface area contributed by atoms with Crippen molar-refractivity contribution in [3.63, 3.8) is 0 Å². The fraction of sp³-hybridized carbons (Fsp3) is 0.632. The van der Waals surface area contributed by atoms with E-state index in [0.29, 0.717) is 6.04 Å². The van der Waals surface area contributed by atoms with Gasteiger partial charge in [0.25, 0.3) is 0 Å². The van der Waals surface area contributed by atoms with Gasteiger partial charge >= 0.3 is 0 Å². The smallest absolute Gasteiger partial charge is 0.191 e. The van der Waals surface area contributed by atoms with E-state index in [4.69, 9.17) is 4.74 Å². The first kappa shape index (κ1) is 17.1. The summed E-state index contributed by atoms with van der Waals surface area (Å²) in [7, 11) is 6.17. The van der Waals surface area contributed by atoms with Crippen LogP contribution in [0, 0.1) is 5.92 Å². The molecule has 132 valence electrons. The first-order valence-electron chi connectivity index (χ1n) is 9.03. The van der Waals surface area contributed by atoms with Crippen molar-refractivity contribution in [1.82, 2.24) is 15.5 Å². The van der Waals surface area contributed by atoms with Gasteiger partial charge < -0.3 is 20.3 Å². The van der Waals surface area contributed by atoms with Crippen LogP contribution in [-0.4, -0.2) is 57.7 Å². The number of rotatable bonds is 7. The summed E-state index contributed by atoms with van der Waals surface area (Å²) in [6.07, 6.45) is 4.75. The highest BCUT2D eigenvalue weighted by Crippen LogP contribution is 2.34. The van der Waals surface area contributed by atoms with Gasteiger partial charge in [-0.2, -0.15) is 0 Å². The number of hydrogen-bond donors (Lipinski definition) is 2. The van der Waals surface area contributed by atoms with Gasteiger partial charge in [0.15, 0.2) is 5.96 Å². The van der Waals surface area contributed by atoms with Crippen LogP contribution in [0.25, 0.3) is 0 Å². The second-order valence-corrected chi connectivity index (χ2v) is 7.04. The van der Waals surface area contributed by atoms with E-state index >= 15 is 0 Å². The molecule has 0 amide bonds. The number of fused-ring (bicyclic) bond motifs is 1. The number of nitrogens with one attached hydrogen (secondary N) is 2. The van der Waals surface area contributed by atoms with Gasteiger partial charge in [0.2, 0.25) is 0 Å². The number of hydrogen-bond acceptors (Lipinski definition) is 3.